The molecule has 0 aromatic heterocycles. The molecule has 3 N–H and O–H groups in total. The van der Waals surface area contributed by atoms with Gasteiger partial charge in [0.25, 0.3) is 11.2 Å². The molecule has 5 nitrogen and oxygen atoms in total. The minimum absolute atomic E-state index is 1.10. The van der Waals surface area contributed by atoms with Gasteiger partial charge in [-0.05, 0) is 33.6 Å². The second-order valence-electron chi connectivity index (χ2n) is 8.98. The predicted octanol–water partition coefficient (Wildman–Crippen LogP) is 4.04. The fourth-order valence-corrected chi connectivity index (χ4v) is 3.64. The molecule has 1 aliphatic carbocycles. The Balaban J connectivity index is 3.82. The van der Waals surface area contributed by atoms with Gasteiger partial charge in [0.05, 0.1) is 11.5 Å². The lowest BCUT2D eigenvalue weighted by atomic mass is 9.63. The van der Waals surface area contributed by atoms with E-state index in [1.807, 2.05) is 0 Å². The standard InChI is InChI=1S/C17H20F12O5/c1-11(2,3)10(31)34-6-4-7(12(32,14(18,19)20)15(21,22)23)9(30)8(5-6)13(33,16(24,25)26)17(27,28)29/h6-9,30,32-33H,4-5H2,1-3H3. The van der Waals surface area contributed by atoms with Crippen LogP contribution in [0.2, 0.25) is 0 Å². The quantitative estimate of drug-likeness (QED) is 0.378. The lowest BCUT2D eigenvalue weighted by Crippen LogP contribution is -2.71. The van der Waals surface area contributed by atoms with E-state index in [0.717, 1.165) is 20.8 Å². The molecule has 0 aromatic rings. The third-order valence-corrected chi connectivity index (χ3v) is 5.55. The molecule has 0 radical (unpaired) electrons. The molecule has 202 valence electrons. The predicted molar refractivity (Wildman–Crippen MR) is 85.7 cm³/mol. The lowest BCUT2D eigenvalue weighted by molar-refractivity contribution is -0.417. The van der Waals surface area contributed by atoms with Crippen LogP contribution >= 0.6 is 0 Å². The van der Waals surface area contributed by atoms with E-state index >= 15 is 0 Å². The van der Waals surface area contributed by atoms with E-state index in [1.54, 1.807) is 0 Å². The number of esters is 1. The number of ether oxygens (including phenoxy) is 1. The van der Waals surface area contributed by atoms with E-state index in [2.05, 4.69) is 4.74 Å². The summed E-state index contributed by atoms with van der Waals surface area (Å²) in [6.07, 6.45) is -37.1. The Kier molecular flexibility index (Phi) is 7.70. The van der Waals surface area contributed by atoms with Gasteiger partial charge in [-0.3, -0.25) is 4.79 Å². The first-order valence-corrected chi connectivity index (χ1v) is 9.24. The summed E-state index contributed by atoms with van der Waals surface area (Å²) in [7, 11) is 0. The van der Waals surface area contributed by atoms with Gasteiger partial charge in [-0.1, -0.05) is 0 Å². The first-order chi connectivity index (χ1) is 14.6. The molecule has 0 spiro atoms. The maximum atomic E-state index is 13.3. The zero-order chi connectivity index (χ0) is 27.5. The van der Waals surface area contributed by atoms with E-state index in [9.17, 15) is 72.8 Å². The van der Waals surface area contributed by atoms with Crippen molar-refractivity contribution in [2.45, 2.75) is 81.7 Å². The lowest BCUT2D eigenvalue weighted by Gasteiger charge is -2.51. The highest BCUT2D eigenvalue weighted by atomic mass is 19.4. The molecule has 34 heavy (non-hydrogen) atoms. The molecule has 2 atom stereocenters. The molecule has 0 aliphatic heterocycles. The first-order valence-electron chi connectivity index (χ1n) is 9.24. The normalized spacial score (nSPS) is 26.4. The van der Waals surface area contributed by atoms with E-state index in [0.29, 0.717) is 0 Å². The summed E-state index contributed by atoms with van der Waals surface area (Å²) in [5, 5.41) is 29.2. The van der Waals surface area contributed by atoms with Gasteiger partial charge in [0.1, 0.15) is 6.10 Å². The van der Waals surface area contributed by atoms with Crippen molar-refractivity contribution in [3.05, 3.63) is 0 Å². The van der Waals surface area contributed by atoms with Crippen LogP contribution in [0, 0.1) is 17.3 Å². The van der Waals surface area contributed by atoms with Gasteiger partial charge in [-0.15, -0.1) is 0 Å². The average Bonchev–Trinajstić information content (AvgIpc) is 2.56. The summed E-state index contributed by atoms with van der Waals surface area (Å²) in [6, 6.07) is 0. The van der Waals surface area contributed by atoms with E-state index < -0.39 is 84.2 Å². The van der Waals surface area contributed by atoms with Crippen molar-refractivity contribution in [2.24, 2.45) is 17.3 Å². The number of rotatable bonds is 3. The topological polar surface area (TPSA) is 87.0 Å². The van der Waals surface area contributed by atoms with Gasteiger partial charge in [-0.2, -0.15) is 52.7 Å². The minimum Gasteiger partial charge on any atom is -0.462 e. The number of hydrogen-bond acceptors (Lipinski definition) is 5. The van der Waals surface area contributed by atoms with E-state index in [1.165, 1.54) is 0 Å². The van der Waals surface area contributed by atoms with Crippen molar-refractivity contribution < 1.29 is 77.5 Å². The van der Waals surface area contributed by atoms with Crippen LogP contribution in [0.3, 0.4) is 0 Å². The number of carbonyl (C=O) groups is 1. The van der Waals surface area contributed by atoms with Crippen LogP contribution in [0.5, 0.6) is 0 Å². The fraction of sp³-hybridized carbons (Fsp3) is 0.941. The number of halogens is 12. The number of carbonyl (C=O) groups excluding carboxylic acids is 1. The summed E-state index contributed by atoms with van der Waals surface area (Å²) in [6.45, 7) is 3.31. The first kappa shape index (κ1) is 30.5. The number of aliphatic hydroxyl groups is 3. The van der Waals surface area contributed by atoms with E-state index in [-0.39, 0.29) is 0 Å². The number of aliphatic hydroxyl groups excluding tert-OH is 1. The van der Waals surface area contributed by atoms with Crippen molar-refractivity contribution in [2.75, 3.05) is 0 Å². The highest BCUT2D eigenvalue weighted by molar-refractivity contribution is 5.75. The largest absolute Gasteiger partial charge is 0.462 e. The van der Waals surface area contributed by atoms with Crippen LogP contribution in [-0.2, 0) is 9.53 Å². The molecule has 0 saturated heterocycles. The molecule has 1 saturated carbocycles. The molecule has 0 amide bonds. The smallest absolute Gasteiger partial charge is 0.426 e. The van der Waals surface area contributed by atoms with Crippen LogP contribution in [0.1, 0.15) is 33.6 Å². The Labute approximate surface area is 183 Å². The van der Waals surface area contributed by atoms with Crippen molar-refractivity contribution in [1.82, 2.24) is 0 Å². The van der Waals surface area contributed by atoms with Crippen LogP contribution in [0.4, 0.5) is 52.7 Å². The van der Waals surface area contributed by atoms with Crippen molar-refractivity contribution in [3.63, 3.8) is 0 Å². The van der Waals surface area contributed by atoms with Crippen molar-refractivity contribution >= 4 is 5.97 Å². The van der Waals surface area contributed by atoms with Crippen molar-refractivity contribution in [3.8, 4) is 0 Å². The zero-order valence-electron chi connectivity index (χ0n) is 17.4. The molecule has 1 rings (SSSR count). The van der Waals surface area contributed by atoms with Crippen LogP contribution in [0.15, 0.2) is 0 Å². The molecular formula is C17H20F12O5. The second-order valence-corrected chi connectivity index (χ2v) is 8.98. The Morgan fingerprint density at radius 3 is 1.15 bits per heavy atom. The zero-order valence-corrected chi connectivity index (χ0v) is 17.4. The molecule has 1 aliphatic rings. The van der Waals surface area contributed by atoms with Gasteiger partial charge < -0.3 is 20.1 Å². The molecular weight excluding hydrogens is 512 g/mol. The van der Waals surface area contributed by atoms with Gasteiger partial charge in [0.15, 0.2) is 0 Å². The van der Waals surface area contributed by atoms with E-state index in [4.69, 9.17) is 0 Å². The minimum atomic E-state index is -6.76. The third kappa shape index (κ3) is 5.05. The summed E-state index contributed by atoms with van der Waals surface area (Å²) in [5.41, 5.74) is -13.6. The highest BCUT2D eigenvalue weighted by Gasteiger charge is 2.80. The van der Waals surface area contributed by atoms with Crippen molar-refractivity contribution in [1.29, 1.82) is 0 Å². The summed E-state index contributed by atoms with van der Waals surface area (Å²) in [4.78, 5) is 12.0. The van der Waals surface area contributed by atoms with Gasteiger partial charge in [-0.25, -0.2) is 0 Å². The molecule has 2 unspecified atom stereocenters. The second kappa shape index (κ2) is 8.57. The summed E-state index contributed by atoms with van der Waals surface area (Å²) < 4.78 is 165. The maximum absolute atomic E-state index is 13.3. The molecule has 17 heteroatoms. The Hall–Kier alpha value is -1.49. The molecule has 0 aromatic carbocycles. The Bertz CT molecular complexity index is 670. The fourth-order valence-electron chi connectivity index (χ4n) is 3.64. The molecule has 0 heterocycles. The van der Waals surface area contributed by atoms with Gasteiger partial charge in [0.2, 0.25) is 0 Å². The SMILES string of the molecule is CC(C)(C)C(=O)OC1CC(C(O)(C(F)(F)F)C(F)(F)F)C(O)C(C(O)(C(F)(F)F)C(F)(F)F)C1. The highest BCUT2D eigenvalue weighted by Crippen LogP contribution is 2.58. The molecule has 1 fully saturated rings. The third-order valence-electron chi connectivity index (χ3n) is 5.55. The monoisotopic (exact) mass is 532 g/mol. The number of hydrogen-bond donors (Lipinski definition) is 3. The summed E-state index contributed by atoms with van der Waals surface area (Å²) in [5.74, 6) is -9.13. The van der Waals surface area contributed by atoms with Gasteiger partial charge in [0, 0.05) is 11.8 Å². The summed E-state index contributed by atoms with van der Waals surface area (Å²) >= 11 is 0. The molecule has 0 bridgehead atoms. The van der Waals surface area contributed by atoms with Crippen LogP contribution in [-0.4, -0.2) is 69.4 Å². The Morgan fingerprint density at radius 1 is 0.676 bits per heavy atom. The average molecular weight is 532 g/mol. The van der Waals surface area contributed by atoms with Crippen LogP contribution in [0.25, 0.3) is 0 Å². The van der Waals surface area contributed by atoms with Gasteiger partial charge >= 0.3 is 30.7 Å². The Morgan fingerprint density at radius 2 is 0.941 bits per heavy atom. The van der Waals surface area contributed by atoms with Crippen LogP contribution < -0.4 is 0 Å². The maximum Gasteiger partial charge on any atom is 0.426 e. The number of alkyl halides is 12.